The fraction of sp³-hybridized carbons (Fsp3) is 0.346. The number of benzene rings is 2. The zero-order valence-electron chi connectivity index (χ0n) is 20.0. The molecular formula is C26H26BrClN2O5S. The average molecular weight is 594 g/mol. The Morgan fingerprint density at radius 1 is 1.19 bits per heavy atom. The lowest BCUT2D eigenvalue weighted by Gasteiger charge is -2.31. The molecule has 0 unspecified atom stereocenters. The van der Waals surface area contributed by atoms with Crippen LogP contribution in [-0.4, -0.2) is 53.6 Å². The number of carbonyl (C=O) groups excluding carboxylic acids is 3. The molecule has 3 amide bonds. The molecular weight excluding hydrogens is 568 g/mol. The molecule has 0 atom stereocenters. The highest BCUT2D eigenvalue weighted by molar-refractivity contribution is 9.10. The Bertz CT molecular complexity index is 1200. The van der Waals surface area contributed by atoms with Crippen LogP contribution in [0.3, 0.4) is 0 Å². The zero-order valence-corrected chi connectivity index (χ0v) is 23.1. The van der Waals surface area contributed by atoms with Crippen LogP contribution in [0.4, 0.5) is 4.79 Å². The molecule has 7 nitrogen and oxygen atoms in total. The molecule has 0 aromatic heterocycles. The van der Waals surface area contributed by atoms with Gasteiger partial charge in [0, 0.05) is 18.1 Å². The van der Waals surface area contributed by atoms with Crippen molar-refractivity contribution in [3.05, 3.63) is 61.9 Å². The quantitative estimate of drug-likeness (QED) is 0.368. The molecule has 0 N–H and O–H groups in total. The van der Waals surface area contributed by atoms with E-state index in [9.17, 15) is 14.4 Å². The number of carbonyl (C=O) groups is 3. The van der Waals surface area contributed by atoms with Gasteiger partial charge in [0.2, 0.25) is 5.91 Å². The first-order chi connectivity index (χ1) is 17.2. The Labute approximate surface area is 227 Å². The highest BCUT2D eigenvalue weighted by atomic mass is 79.9. The number of piperidine rings is 1. The van der Waals surface area contributed by atoms with Crippen molar-refractivity contribution in [1.82, 2.24) is 9.80 Å². The lowest BCUT2D eigenvalue weighted by atomic mass is 9.99. The Morgan fingerprint density at radius 2 is 1.89 bits per heavy atom. The van der Waals surface area contributed by atoms with Crippen LogP contribution < -0.4 is 9.47 Å². The molecule has 2 aromatic rings. The summed E-state index contributed by atoms with van der Waals surface area (Å²) in [5, 5.41) is 0.204. The maximum absolute atomic E-state index is 12.9. The Hall–Kier alpha value is -2.49. The molecule has 0 aliphatic carbocycles. The van der Waals surface area contributed by atoms with Gasteiger partial charge in [0.1, 0.15) is 13.2 Å². The van der Waals surface area contributed by atoms with Gasteiger partial charge < -0.3 is 14.4 Å². The predicted molar refractivity (Wildman–Crippen MR) is 144 cm³/mol. The molecule has 36 heavy (non-hydrogen) atoms. The van der Waals surface area contributed by atoms with Crippen molar-refractivity contribution < 1.29 is 23.9 Å². The number of amides is 3. The summed E-state index contributed by atoms with van der Waals surface area (Å²) in [6.45, 7) is 3.56. The zero-order chi connectivity index (χ0) is 25.8. The lowest BCUT2D eigenvalue weighted by Crippen LogP contribution is -2.45. The minimum atomic E-state index is -0.470. The van der Waals surface area contributed by atoms with Crippen molar-refractivity contribution in [3.63, 3.8) is 0 Å². The van der Waals surface area contributed by atoms with E-state index in [0.717, 1.165) is 35.1 Å². The molecule has 10 heteroatoms. The summed E-state index contributed by atoms with van der Waals surface area (Å²) >= 11 is 10.3. The van der Waals surface area contributed by atoms with E-state index in [1.165, 1.54) is 7.11 Å². The highest BCUT2D eigenvalue weighted by Gasteiger charge is 2.37. The predicted octanol–water partition coefficient (Wildman–Crippen LogP) is 5.98. The lowest BCUT2D eigenvalue weighted by molar-refractivity contribution is -0.136. The molecule has 190 valence electrons. The first-order valence-corrected chi connectivity index (χ1v) is 13.5. The van der Waals surface area contributed by atoms with Gasteiger partial charge in [-0.2, -0.15) is 0 Å². The summed E-state index contributed by atoms with van der Waals surface area (Å²) in [6.07, 6.45) is 3.49. The van der Waals surface area contributed by atoms with E-state index >= 15 is 0 Å². The number of nitrogens with zero attached hydrogens (tertiary/aromatic N) is 2. The van der Waals surface area contributed by atoms with Crippen LogP contribution in [-0.2, 0) is 16.2 Å². The number of ether oxygens (including phenoxy) is 2. The van der Waals surface area contributed by atoms with Gasteiger partial charge in [0.25, 0.3) is 11.1 Å². The van der Waals surface area contributed by atoms with Crippen molar-refractivity contribution in [3.8, 4) is 11.5 Å². The number of imide groups is 1. The molecule has 4 rings (SSSR count). The van der Waals surface area contributed by atoms with Gasteiger partial charge in [-0.1, -0.05) is 30.7 Å². The van der Waals surface area contributed by atoms with E-state index in [1.54, 1.807) is 35.2 Å². The van der Waals surface area contributed by atoms with Crippen LogP contribution in [0.5, 0.6) is 11.5 Å². The molecule has 2 aromatic carbocycles. The third-order valence-electron chi connectivity index (χ3n) is 6.15. The summed E-state index contributed by atoms with van der Waals surface area (Å²) in [4.78, 5) is 41.2. The second-order valence-corrected chi connectivity index (χ2v) is 11.1. The maximum Gasteiger partial charge on any atom is 0.294 e. The number of thioether (sulfide) groups is 1. The van der Waals surface area contributed by atoms with Gasteiger partial charge in [0.05, 0.1) is 16.5 Å². The van der Waals surface area contributed by atoms with E-state index in [4.69, 9.17) is 21.1 Å². The maximum atomic E-state index is 12.9. The summed E-state index contributed by atoms with van der Waals surface area (Å²) in [6, 6.07) is 10.9. The summed E-state index contributed by atoms with van der Waals surface area (Å²) < 4.78 is 12.1. The molecule has 2 heterocycles. The standard InChI is InChI=1S/C26H26BrClN2O5S/c1-16-7-9-29(10-8-16)23(31)14-30-25(32)22(36-26(30)33)13-18-11-20(27)24(21(12-18)34-2)35-15-17-3-5-19(28)6-4-17/h3-6,11-13,16H,7-10,14-15H2,1-2H3/b22-13+. The SMILES string of the molecule is COc1cc(/C=C2/SC(=O)N(CC(=O)N3CCC(C)CC3)C2=O)cc(Br)c1OCc1ccc(Cl)cc1. The first kappa shape index (κ1) is 26.6. The van der Waals surface area contributed by atoms with Crippen LogP contribution in [0, 0.1) is 5.92 Å². The largest absolute Gasteiger partial charge is 0.493 e. The van der Waals surface area contributed by atoms with E-state index in [-0.39, 0.29) is 17.4 Å². The molecule has 0 radical (unpaired) electrons. The summed E-state index contributed by atoms with van der Waals surface area (Å²) in [7, 11) is 1.53. The Morgan fingerprint density at radius 3 is 2.56 bits per heavy atom. The molecule has 0 bridgehead atoms. The minimum Gasteiger partial charge on any atom is -0.493 e. The Balaban J connectivity index is 1.46. The highest BCUT2D eigenvalue weighted by Crippen LogP contribution is 2.39. The monoisotopic (exact) mass is 592 g/mol. The average Bonchev–Trinajstić information content (AvgIpc) is 3.11. The van der Waals surface area contributed by atoms with E-state index in [1.807, 2.05) is 12.1 Å². The van der Waals surface area contributed by atoms with Crippen LogP contribution in [0.1, 0.15) is 30.9 Å². The van der Waals surface area contributed by atoms with E-state index in [0.29, 0.717) is 52.2 Å². The third kappa shape index (κ3) is 6.25. The number of hydrogen-bond donors (Lipinski definition) is 0. The fourth-order valence-electron chi connectivity index (χ4n) is 3.98. The van der Waals surface area contributed by atoms with Crippen LogP contribution in [0.25, 0.3) is 6.08 Å². The topological polar surface area (TPSA) is 76.2 Å². The summed E-state index contributed by atoms with van der Waals surface area (Å²) in [5.74, 6) is 0.899. The number of rotatable bonds is 7. The normalized spacial score (nSPS) is 17.7. The number of likely N-dealkylation sites (tertiary alicyclic amines) is 1. The number of halogens is 2. The molecule has 2 fully saturated rings. The van der Waals surface area contributed by atoms with Gasteiger partial charge in [-0.15, -0.1) is 0 Å². The van der Waals surface area contributed by atoms with Gasteiger partial charge in [-0.25, -0.2) is 0 Å². The van der Waals surface area contributed by atoms with E-state index < -0.39 is 11.1 Å². The van der Waals surface area contributed by atoms with Gasteiger partial charge in [0.15, 0.2) is 11.5 Å². The third-order valence-corrected chi connectivity index (χ3v) is 7.90. The van der Waals surface area contributed by atoms with Gasteiger partial charge in [-0.05, 0) is 87.9 Å². The smallest absolute Gasteiger partial charge is 0.294 e. The second kappa shape index (κ2) is 11.7. The molecule has 2 aliphatic rings. The number of methoxy groups -OCH3 is 1. The fourth-order valence-corrected chi connectivity index (χ4v) is 5.52. The molecule has 2 saturated heterocycles. The van der Waals surface area contributed by atoms with Crippen molar-refractivity contribution in [2.45, 2.75) is 26.4 Å². The minimum absolute atomic E-state index is 0.197. The number of hydrogen-bond acceptors (Lipinski definition) is 6. The Kier molecular flexibility index (Phi) is 8.64. The second-order valence-electron chi connectivity index (χ2n) is 8.78. The van der Waals surface area contributed by atoms with E-state index in [2.05, 4.69) is 22.9 Å². The van der Waals surface area contributed by atoms with Crippen LogP contribution in [0.15, 0.2) is 45.8 Å². The first-order valence-electron chi connectivity index (χ1n) is 11.5. The van der Waals surface area contributed by atoms with Gasteiger partial charge >= 0.3 is 0 Å². The molecule has 2 aliphatic heterocycles. The van der Waals surface area contributed by atoms with Crippen molar-refractivity contribution in [2.24, 2.45) is 5.92 Å². The molecule has 0 spiro atoms. The molecule has 0 saturated carbocycles. The van der Waals surface area contributed by atoms with Crippen LogP contribution in [0.2, 0.25) is 5.02 Å². The van der Waals surface area contributed by atoms with Crippen molar-refractivity contribution in [1.29, 1.82) is 0 Å². The van der Waals surface area contributed by atoms with Crippen LogP contribution >= 0.6 is 39.3 Å². The van der Waals surface area contributed by atoms with Crippen molar-refractivity contribution in [2.75, 3.05) is 26.7 Å². The van der Waals surface area contributed by atoms with Gasteiger partial charge in [-0.3, -0.25) is 19.3 Å². The van der Waals surface area contributed by atoms with Crippen molar-refractivity contribution >= 4 is 62.4 Å². The summed E-state index contributed by atoms with van der Waals surface area (Å²) in [5.41, 5.74) is 1.60.